The van der Waals surface area contributed by atoms with Crippen LogP contribution in [0.15, 0.2) is 24.5 Å². The van der Waals surface area contributed by atoms with Crippen molar-refractivity contribution in [1.82, 2.24) is 14.9 Å². The first-order valence-electron chi connectivity index (χ1n) is 6.08. The van der Waals surface area contributed by atoms with Crippen LogP contribution in [0.3, 0.4) is 0 Å². The zero-order valence-electron chi connectivity index (χ0n) is 11.7. The number of aromatic nitrogens is 3. The summed E-state index contributed by atoms with van der Waals surface area (Å²) in [4.78, 5) is 19.5. The maximum absolute atomic E-state index is 13.0. The molecular weight excluding hydrogens is 346 g/mol. The third-order valence-corrected chi connectivity index (χ3v) is 2.73. The Bertz CT molecular complexity index is 753. The fourth-order valence-corrected chi connectivity index (χ4v) is 1.76. The van der Waals surface area contributed by atoms with Crippen molar-refractivity contribution in [3.63, 3.8) is 0 Å². The number of amides is 1. The molecule has 6 nitrogen and oxygen atoms in total. The van der Waals surface area contributed by atoms with Crippen molar-refractivity contribution in [2.75, 3.05) is 12.4 Å². The molecule has 0 atom stereocenters. The average molecular weight is 354 g/mol. The summed E-state index contributed by atoms with van der Waals surface area (Å²) in [7, 11) is 0.905. The molecule has 0 bridgehead atoms. The summed E-state index contributed by atoms with van der Waals surface area (Å²) in [6.07, 6.45) is -8.37. The van der Waals surface area contributed by atoms with Gasteiger partial charge in [0.2, 0.25) is 0 Å². The molecule has 1 N–H and O–H groups in total. The maximum atomic E-state index is 13.0. The molecular formula is C12H8F6N4O2. The van der Waals surface area contributed by atoms with Gasteiger partial charge in [-0.3, -0.25) is 9.78 Å². The average Bonchev–Trinajstić information content (AvgIpc) is 2.90. The predicted molar refractivity (Wildman–Crippen MR) is 66.9 cm³/mol. The van der Waals surface area contributed by atoms with Crippen molar-refractivity contribution in [2.24, 2.45) is 0 Å². The van der Waals surface area contributed by atoms with Gasteiger partial charge in [-0.05, 0) is 12.1 Å². The molecule has 130 valence electrons. The molecule has 2 aromatic rings. The third-order valence-electron chi connectivity index (χ3n) is 2.73. The largest absolute Gasteiger partial charge is 0.437 e. The Morgan fingerprint density at radius 3 is 2.42 bits per heavy atom. The lowest BCUT2D eigenvalue weighted by Crippen LogP contribution is -2.23. The second-order valence-corrected chi connectivity index (χ2v) is 4.34. The molecule has 1 amide bonds. The molecule has 0 radical (unpaired) electrons. The molecule has 2 heterocycles. The van der Waals surface area contributed by atoms with Gasteiger partial charge >= 0.3 is 12.4 Å². The van der Waals surface area contributed by atoms with E-state index in [2.05, 4.69) is 14.9 Å². The van der Waals surface area contributed by atoms with Crippen LogP contribution in [-0.2, 0) is 12.4 Å². The van der Waals surface area contributed by atoms with Crippen LogP contribution in [0.4, 0.5) is 32.0 Å². The van der Waals surface area contributed by atoms with E-state index >= 15 is 0 Å². The van der Waals surface area contributed by atoms with E-state index in [1.54, 1.807) is 0 Å². The van der Waals surface area contributed by atoms with E-state index in [1.807, 2.05) is 5.32 Å². The van der Waals surface area contributed by atoms with Gasteiger partial charge in [0.15, 0.2) is 5.69 Å². The summed E-state index contributed by atoms with van der Waals surface area (Å²) < 4.78 is 76.5. The van der Waals surface area contributed by atoms with E-state index in [0.717, 1.165) is 19.4 Å². The van der Waals surface area contributed by atoms with E-state index in [-0.39, 0.29) is 10.5 Å². The van der Waals surface area contributed by atoms with E-state index in [0.29, 0.717) is 12.3 Å². The Hall–Kier alpha value is -2.79. The molecule has 0 aliphatic rings. The van der Waals surface area contributed by atoms with Crippen molar-refractivity contribution in [2.45, 2.75) is 12.4 Å². The Kier molecular flexibility index (Phi) is 4.40. The fraction of sp³-hybridized carbons (Fsp3) is 0.250. The number of carbonyl (C=O) groups excluding carboxylic acids is 1. The first kappa shape index (κ1) is 17.6. The number of nitrogens with zero attached hydrogens (tertiary/aromatic N) is 3. The zero-order chi connectivity index (χ0) is 18.1. The molecule has 0 aliphatic heterocycles. The van der Waals surface area contributed by atoms with Crippen LogP contribution >= 0.6 is 0 Å². The van der Waals surface area contributed by atoms with Gasteiger partial charge in [-0.15, -0.1) is 5.10 Å². The summed E-state index contributed by atoms with van der Waals surface area (Å²) in [5.41, 5.74) is -4.08. The van der Waals surface area contributed by atoms with Crippen molar-refractivity contribution >= 4 is 11.6 Å². The number of hydrogen-bond donors (Lipinski definition) is 1. The highest BCUT2D eigenvalue weighted by atomic mass is 19.4. The fourth-order valence-electron chi connectivity index (χ4n) is 1.76. The van der Waals surface area contributed by atoms with Gasteiger partial charge in [0.05, 0.1) is 11.8 Å². The Labute approximate surface area is 130 Å². The van der Waals surface area contributed by atoms with Crippen LogP contribution in [0.25, 0.3) is 0 Å². The first-order chi connectivity index (χ1) is 11.0. The van der Waals surface area contributed by atoms with Crippen LogP contribution in [0.5, 0.6) is 0 Å². The van der Waals surface area contributed by atoms with Gasteiger partial charge in [0.1, 0.15) is 12.8 Å². The Balaban J connectivity index is 2.33. The van der Waals surface area contributed by atoms with Gasteiger partial charge in [-0.1, -0.05) is 4.85 Å². The number of alkyl halides is 6. The molecule has 0 aromatic carbocycles. The second kappa shape index (κ2) is 6.02. The van der Waals surface area contributed by atoms with Crippen LogP contribution in [0.2, 0.25) is 0 Å². The number of hydrogen-bond acceptors (Lipinski definition) is 4. The lowest BCUT2D eigenvalue weighted by molar-refractivity contribution is -0.152. The summed E-state index contributed by atoms with van der Waals surface area (Å²) in [5.74, 6) is -1.30. The molecule has 2 rings (SSSR count). The van der Waals surface area contributed by atoms with Gasteiger partial charge in [0, 0.05) is 11.9 Å². The Morgan fingerprint density at radius 1 is 1.21 bits per heavy atom. The van der Waals surface area contributed by atoms with Crippen molar-refractivity contribution in [1.29, 1.82) is 0 Å². The van der Waals surface area contributed by atoms with Gasteiger partial charge in [-0.25, -0.2) is 0 Å². The van der Waals surface area contributed by atoms with E-state index in [1.165, 1.54) is 0 Å². The Morgan fingerprint density at radius 2 is 1.88 bits per heavy atom. The van der Waals surface area contributed by atoms with E-state index in [4.69, 9.17) is 0 Å². The van der Waals surface area contributed by atoms with Crippen molar-refractivity contribution in [3.8, 4) is 0 Å². The smallest absolute Gasteiger partial charge is 0.400 e. The van der Waals surface area contributed by atoms with Gasteiger partial charge < -0.3 is 10.2 Å². The minimum atomic E-state index is -4.96. The number of rotatable bonds is 3. The van der Waals surface area contributed by atoms with Gasteiger partial charge in [-0.2, -0.15) is 26.3 Å². The standard InChI is InChI=1S/C12H8F6N4O2/c1-24-22-9(12(16,17)18)7(5-20-22)10(23)21-6-2-3-19-8(4-6)11(13,14)15/h2-5H,1H3,(H,19,21,23). The van der Waals surface area contributed by atoms with Crippen LogP contribution in [-0.4, -0.2) is 27.9 Å². The van der Waals surface area contributed by atoms with Crippen LogP contribution in [0, 0.1) is 0 Å². The summed E-state index contributed by atoms with van der Waals surface area (Å²) in [6.45, 7) is 0. The van der Waals surface area contributed by atoms with Crippen molar-refractivity contribution < 1.29 is 36.0 Å². The normalized spacial score (nSPS) is 12.1. The topological polar surface area (TPSA) is 69.0 Å². The summed E-state index contributed by atoms with van der Waals surface area (Å²) >= 11 is 0. The number of nitrogens with one attached hydrogen (secondary N) is 1. The monoisotopic (exact) mass is 354 g/mol. The van der Waals surface area contributed by atoms with Crippen molar-refractivity contribution in [3.05, 3.63) is 41.5 Å². The van der Waals surface area contributed by atoms with Crippen LogP contribution < -0.4 is 10.2 Å². The molecule has 12 heteroatoms. The number of carbonyl (C=O) groups is 1. The third kappa shape index (κ3) is 3.58. The SMILES string of the molecule is COn1ncc(C(=O)Nc2ccnc(C(F)(F)F)c2)c1C(F)(F)F. The first-order valence-corrected chi connectivity index (χ1v) is 6.08. The molecule has 0 unspecified atom stereocenters. The lowest BCUT2D eigenvalue weighted by Gasteiger charge is -2.11. The van der Waals surface area contributed by atoms with E-state index in [9.17, 15) is 31.1 Å². The molecule has 0 fully saturated rings. The highest BCUT2D eigenvalue weighted by Crippen LogP contribution is 2.32. The number of halogens is 6. The summed E-state index contributed by atoms with van der Waals surface area (Å²) in [6, 6.07) is 1.49. The highest BCUT2D eigenvalue weighted by molar-refractivity contribution is 6.05. The second-order valence-electron chi connectivity index (χ2n) is 4.34. The maximum Gasteiger partial charge on any atom is 0.437 e. The number of anilines is 1. The molecule has 24 heavy (non-hydrogen) atoms. The lowest BCUT2D eigenvalue weighted by atomic mass is 10.2. The molecule has 0 spiro atoms. The highest BCUT2D eigenvalue weighted by Gasteiger charge is 2.41. The van der Waals surface area contributed by atoms with E-state index < -0.39 is 35.2 Å². The van der Waals surface area contributed by atoms with Gasteiger partial charge in [0.25, 0.3) is 5.91 Å². The molecule has 2 aromatic heterocycles. The minimum absolute atomic E-state index is 0.0859. The molecule has 0 saturated heterocycles. The predicted octanol–water partition coefficient (Wildman–Crippen LogP) is 2.63. The quantitative estimate of drug-likeness (QED) is 0.861. The number of pyridine rings is 1. The molecule has 0 aliphatic carbocycles. The van der Waals surface area contributed by atoms with Crippen LogP contribution in [0.1, 0.15) is 21.7 Å². The zero-order valence-corrected chi connectivity index (χ0v) is 11.7. The minimum Gasteiger partial charge on any atom is -0.400 e. The summed E-state index contributed by atoms with van der Waals surface area (Å²) in [5, 5.41) is 5.17. The molecule has 0 saturated carbocycles.